The van der Waals surface area contributed by atoms with Crippen LogP contribution in [-0.2, 0) is 11.2 Å². The lowest BCUT2D eigenvalue weighted by molar-refractivity contribution is -0.124. The number of amides is 2. The molecule has 0 radical (unpaired) electrons. The summed E-state index contributed by atoms with van der Waals surface area (Å²) < 4.78 is 13.6. The Morgan fingerprint density at radius 1 is 1.06 bits per heavy atom. The maximum atomic E-state index is 13.6. The van der Waals surface area contributed by atoms with Gasteiger partial charge in [0.15, 0.2) is 0 Å². The van der Waals surface area contributed by atoms with E-state index in [1.807, 2.05) is 24.3 Å². The van der Waals surface area contributed by atoms with E-state index in [-0.39, 0.29) is 17.7 Å². The van der Waals surface area contributed by atoms with Crippen LogP contribution in [0.15, 0.2) is 72.8 Å². The Labute approximate surface area is 181 Å². The normalized spacial score (nSPS) is 16.5. The van der Waals surface area contributed by atoms with Crippen LogP contribution < -0.4 is 5.32 Å². The van der Waals surface area contributed by atoms with Crippen molar-refractivity contribution in [1.82, 2.24) is 10.2 Å². The lowest BCUT2D eigenvalue weighted by Crippen LogP contribution is -2.37. The molecule has 0 bridgehead atoms. The molecule has 1 aliphatic rings. The lowest BCUT2D eigenvalue weighted by Gasteiger charge is -2.23. The minimum atomic E-state index is -0.445. The Morgan fingerprint density at radius 3 is 2.68 bits per heavy atom. The average Bonchev–Trinajstić information content (AvgIpc) is 2.95. The molecule has 1 saturated heterocycles. The van der Waals surface area contributed by atoms with Crippen molar-refractivity contribution in [3.8, 4) is 11.1 Å². The molecule has 0 aromatic heterocycles. The SMILES string of the molecule is Cc1ccccc1-c1cccc(CC2CN(C(=O)c3cccc(F)c3)CCNC2=O)c1. The summed E-state index contributed by atoms with van der Waals surface area (Å²) in [6.45, 7) is 3.17. The Balaban J connectivity index is 1.54. The first kappa shape index (κ1) is 20.8. The molecule has 0 spiro atoms. The van der Waals surface area contributed by atoms with Crippen molar-refractivity contribution in [1.29, 1.82) is 0 Å². The van der Waals surface area contributed by atoms with Gasteiger partial charge in [-0.05, 0) is 53.8 Å². The van der Waals surface area contributed by atoms with Crippen LogP contribution in [0.25, 0.3) is 11.1 Å². The molecule has 1 heterocycles. The fourth-order valence-corrected chi connectivity index (χ4v) is 4.09. The van der Waals surface area contributed by atoms with Crippen LogP contribution in [0.3, 0.4) is 0 Å². The molecule has 158 valence electrons. The monoisotopic (exact) mass is 416 g/mol. The van der Waals surface area contributed by atoms with Crippen LogP contribution in [0.5, 0.6) is 0 Å². The first-order valence-corrected chi connectivity index (χ1v) is 10.5. The van der Waals surface area contributed by atoms with Crippen molar-refractivity contribution in [2.45, 2.75) is 13.3 Å². The summed E-state index contributed by atoms with van der Waals surface area (Å²) in [6, 6.07) is 22.1. The topological polar surface area (TPSA) is 49.4 Å². The van der Waals surface area contributed by atoms with E-state index in [2.05, 4.69) is 36.5 Å². The Morgan fingerprint density at radius 2 is 1.87 bits per heavy atom. The molecular formula is C26H25FN2O2. The zero-order valence-corrected chi connectivity index (χ0v) is 17.5. The van der Waals surface area contributed by atoms with Gasteiger partial charge in [-0.3, -0.25) is 9.59 Å². The molecule has 1 N–H and O–H groups in total. The van der Waals surface area contributed by atoms with Crippen LogP contribution in [0.2, 0.25) is 0 Å². The smallest absolute Gasteiger partial charge is 0.254 e. The van der Waals surface area contributed by atoms with Crippen LogP contribution in [0.4, 0.5) is 4.39 Å². The van der Waals surface area contributed by atoms with E-state index in [1.165, 1.54) is 23.8 Å². The third kappa shape index (κ3) is 4.82. The van der Waals surface area contributed by atoms with Crippen LogP contribution in [0, 0.1) is 18.7 Å². The third-order valence-corrected chi connectivity index (χ3v) is 5.72. The second kappa shape index (κ2) is 9.13. The molecule has 31 heavy (non-hydrogen) atoms. The highest BCUT2D eigenvalue weighted by Gasteiger charge is 2.28. The molecule has 0 saturated carbocycles. The van der Waals surface area contributed by atoms with E-state index in [0.717, 1.165) is 16.7 Å². The van der Waals surface area contributed by atoms with Crippen molar-refractivity contribution in [2.75, 3.05) is 19.6 Å². The number of nitrogens with zero attached hydrogens (tertiary/aromatic N) is 1. The molecule has 3 aromatic rings. The second-order valence-electron chi connectivity index (χ2n) is 7.97. The zero-order valence-electron chi connectivity index (χ0n) is 17.5. The Bertz CT molecular complexity index is 1110. The number of hydrogen-bond acceptors (Lipinski definition) is 2. The van der Waals surface area contributed by atoms with Crippen LogP contribution in [0.1, 0.15) is 21.5 Å². The fourth-order valence-electron chi connectivity index (χ4n) is 4.09. The van der Waals surface area contributed by atoms with E-state index in [0.29, 0.717) is 31.6 Å². The number of carbonyl (C=O) groups excluding carboxylic acids is 2. The summed E-state index contributed by atoms with van der Waals surface area (Å²) in [4.78, 5) is 27.2. The van der Waals surface area contributed by atoms with Gasteiger partial charge in [0.2, 0.25) is 5.91 Å². The molecule has 0 aliphatic carbocycles. The van der Waals surface area contributed by atoms with Crippen molar-refractivity contribution >= 4 is 11.8 Å². The molecule has 1 unspecified atom stereocenters. The summed E-state index contributed by atoms with van der Waals surface area (Å²) in [6.07, 6.45) is 0.526. The van der Waals surface area contributed by atoms with Gasteiger partial charge in [0, 0.05) is 25.2 Å². The standard InChI is InChI=1S/C26H25FN2O2/c1-18-6-2-3-11-24(18)20-8-4-7-19(14-20)15-22-17-29(13-12-28-25(22)30)26(31)21-9-5-10-23(27)16-21/h2-11,14,16,22H,12-13,15,17H2,1H3,(H,28,30). The van der Waals surface area contributed by atoms with Crippen molar-refractivity contribution in [3.63, 3.8) is 0 Å². The molecule has 5 heteroatoms. The molecule has 1 aliphatic heterocycles. The van der Waals surface area contributed by atoms with E-state index in [4.69, 9.17) is 0 Å². The third-order valence-electron chi connectivity index (χ3n) is 5.72. The second-order valence-corrected chi connectivity index (χ2v) is 7.97. The van der Waals surface area contributed by atoms with E-state index >= 15 is 0 Å². The van der Waals surface area contributed by atoms with Gasteiger partial charge in [0.05, 0.1) is 5.92 Å². The van der Waals surface area contributed by atoms with Gasteiger partial charge in [-0.15, -0.1) is 0 Å². The van der Waals surface area contributed by atoms with E-state index < -0.39 is 5.82 Å². The first-order valence-electron chi connectivity index (χ1n) is 10.5. The predicted octanol–water partition coefficient (Wildman–Crippen LogP) is 4.23. The van der Waals surface area contributed by atoms with Crippen molar-refractivity contribution in [3.05, 3.63) is 95.3 Å². The summed E-state index contributed by atoms with van der Waals surface area (Å²) in [5, 5.41) is 2.91. The Kier molecular flexibility index (Phi) is 6.12. The van der Waals surface area contributed by atoms with Gasteiger partial charge < -0.3 is 10.2 Å². The molecule has 2 amide bonds. The molecule has 1 fully saturated rings. The van der Waals surface area contributed by atoms with Crippen molar-refractivity contribution in [2.24, 2.45) is 5.92 Å². The lowest BCUT2D eigenvalue weighted by atomic mass is 9.94. The zero-order chi connectivity index (χ0) is 21.8. The quantitative estimate of drug-likeness (QED) is 0.692. The summed E-state index contributed by atoms with van der Waals surface area (Å²) in [7, 11) is 0. The molecule has 4 nitrogen and oxygen atoms in total. The highest BCUT2D eigenvalue weighted by Crippen LogP contribution is 2.25. The molecule has 1 atom stereocenters. The van der Waals surface area contributed by atoms with Crippen LogP contribution in [-0.4, -0.2) is 36.3 Å². The number of hydrogen-bond donors (Lipinski definition) is 1. The Hall–Kier alpha value is -3.47. The average molecular weight is 416 g/mol. The number of nitrogens with one attached hydrogen (secondary N) is 1. The minimum absolute atomic E-state index is 0.0594. The largest absolute Gasteiger partial charge is 0.354 e. The van der Waals surface area contributed by atoms with Gasteiger partial charge in [-0.1, -0.05) is 54.6 Å². The summed E-state index contributed by atoms with van der Waals surface area (Å²) >= 11 is 0. The maximum absolute atomic E-state index is 13.6. The highest BCUT2D eigenvalue weighted by molar-refractivity contribution is 5.95. The number of rotatable bonds is 4. The van der Waals surface area contributed by atoms with Crippen molar-refractivity contribution < 1.29 is 14.0 Å². The van der Waals surface area contributed by atoms with Gasteiger partial charge >= 0.3 is 0 Å². The summed E-state index contributed by atoms with van der Waals surface area (Å²) in [5.41, 5.74) is 4.81. The van der Waals surface area contributed by atoms with Gasteiger partial charge in [0.1, 0.15) is 5.82 Å². The minimum Gasteiger partial charge on any atom is -0.354 e. The maximum Gasteiger partial charge on any atom is 0.254 e. The summed E-state index contributed by atoms with van der Waals surface area (Å²) in [5.74, 6) is -1.13. The van der Waals surface area contributed by atoms with Crippen LogP contribution >= 0.6 is 0 Å². The predicted molar refractivity (Wildman–Crippen MR) is 119 cm³/mol. The fraction of sp³-hybridized carbons (Fsp3) is 0.231. The first-order chi connectivity index (χ1) is 15.0. The van der Waals surface area contributed by atoms with Gasteiger partial charge in [-0.2, -0.15) is 0 Å². The molecule has 3 aromatic carbocycles. The van der Waals surface area contributed by atoms with E-state index in [1.54, 1.807) is 11.0 Å². The molecule has 4 rings (SSSR count). The van der Waals surface area contributed by atoms with Gasteiger partial charge in [0.25, 0.3) is 5.91 Å². The molecular weight excluding hydrogens is 391 g/mol. The number of benzene rings is 3. The van der Waals surface area contributed by atoms with Gasteiger partial charge in [-0.25, -0.2) is 4.39 Å². The number of aryl methyl sites for hydroxylation is 1. The van der Waals surface area contributed by atoms with E-state index in [9.17, 15) is 14.0 Å². The highest BCUT2D eigenvalue weighted by atomic mass is 19.1. The number of carbonyl (C=O) groups is 2. The number of halogens is 1.